The summed E-state index contributed by atoms with van der Waals surface area (Å²) in [6.45, 7) is 5.04. The van der Waals surface area contributed by atoms with E-state index in [0.29, 0.717) is 24.4 Å². The molecule has 1 aliphatic heterocycles. The number of hydrogen-bond donors (Lipinski definition) is 1. The maximum Gasteiger partial charge on any atom is 0.326 e. The molecule has 1 aliphatic carbocycles. The lowest BCUT2D eigenvalue weighted by atomic mass is 9.94. The second-order valence-electron chi connectivity index (χ2n) is 5.87. The molecule has 0 amide bonds. The number of aliphatic carboxylic acids is 1. The van der Waals surface area contributed by atoms with Crippen LogP contribution in [-0.2, 0) is 4.79 Å². The first-order chi connectivity index (χ1) is 10.1. The van der Waals surface area contributed by atoms with E-state index < -0.39 is 12.0 Å². The normalized spacial score (nSPS) is 27.7. The van der Waals surface area contributed by atoms with Gasteiger partial charge in [0.05, 0.1) is 6.61 Å². The molecule has 1 aromatic rings. The summed E-state index contributed by atoms with van der Waals surface area (Å²) in [5, 5.41) is 9.61. The molecule has 3 atom stereocenters. The molecule has 2 aliphatic rings. The average Bonchev–Trinajstić information content (AvgIpc) is 2.97. The van der Waals surface area contributed by atoms with Crippen molar-refractivity contribution in [3.05, 3.63) is 11.8 Å². The van der Waals surface area contributed by atoms with E-state index in [1.165, 1.54) is 0 Å². The minimum absolute atomic E-state index is 0.224. The number of carbonyl (C=O) groups is 1. The van der Waals surface area contributed by atoms with Gasteiger partial charge in [-0.05, 0) is 38.5 Å². The number of nitrogens with zero attached hydrogens (tertiary/aromatic N) is 3. The SMILES string of the molecule is CCOc1cc(C)nc(N2CC3CCCC3C2C(=O)O)n1. The summed E-state index contributed by atoms with van der Waals surface area (Å²) in [6, 6.07) is 1.27. The van der Waals surface area contributed by atoms with Crippen molar-refractivity contribution in [3.8, 4) is 5.88 Å². The summed E-state index contributed by atoms with van der Waals surface area (Å²) in [5.41, 5.74) is 0.796. The van der Waals surface area contributed by atoms with E-state index in [0.717, 1.165) is 31.5 Å². The standard InChI is InChI=1S/C15H21N3O3/c1-3-21-12-7-9(2)16-15(17-12)18-8-10-5-4-6-11(10)13(18)14(19)20/h7,10-11,13H,3-6,8H2,1-2H3,(H,19,20). The topological polar surface area (TPSA) is 75.5 Å². The Morgan fingerprint density at radius 1 is 1.48 bits per heavy atom. The molecule has 0 bridgehead atoms. The van der Waals surface area contributed by atoms with Crippen LogP contribution in [0.5, 0.6) is 5.88 Å². The van der Waals surface area contributed by atoms with E-state index >= 15 is 0 Å². The highest BCUT2D eigenvalue weighted by atomic mass is 16.5. The second-order valence-corrected chi connectivity index (χ2v) is 5.87. The summed E-state index contributed by atoms with van der Waals surface area (Å²) in [7, 11) is 0. The van der Waals surface area contributed by atoms with E-state index in [9.17, 15) is 9.90 Å². The first kappa shape index (κ1) is 14.1. The van der Waals surface area contributed by atoms with E-state index in [1.807, 2.05) is 18.7 Å². The summed E-state index contributed by atoms with van der Waals surface area (Å²) >= 11 is 0. The molecule has 1 saturated heterocycles. The quantitative estimate of drug-likeness (QED) is 0.912. The molecule has 0 spiro atoms. The molecular weight excluding hydrogens is 270 g/mol. The molecule has 2 heterocycles. The molecule has 1 N–H and O–H groups in total. The summed E-state index contributed by atoms with van der Waals surface area (Å²) in [4.78, 5) is 22.4. The van der Waals surface area contributed by atoms with Crippen molar-refractivity contribution in [3.63, 3.8) is 0 Å². The maximum atomic E-state index is 11.7. The van der Waals surface area contributed by atoms with Crippen LogP contribution in [0.15, 0.2) is 6.07 Å². The zero-order chi connectivity index (χ0) is 15.0. The molecular formula is C15H21N3O3. The number of carboxylic acid groups (broad SMARTS) is 1. The third-order valence-electron chi connectivity index (χ3n) is 4.51. The van der Waals surface area contributed by atoms with Gasteiger partial charge in [-0.25, -0.2) is 9.78 Å². The summed E-state index contributed by atoms with van der Waals surface area (Å²) in [6.07, 6.45) is 3.23. The largest absolute Gasteiger partial charge is 0.480 e. The lowest BCUT2D eigenvalue weighted by Crippen LogP contribution is -2.40. The first-order valence-corrected chi connectivity index (χ1v) is 7.58. The predicted molar refractivity (Wildman–Crippen MR) is 77.5 cm³/mol. The van der Waals surface area contributed by atoms with Crippen LogP contribution in [0.2, 0.25) is 0 Å². The van der Waals surface area contributed by atoms with Crippen LogP contribution in [-0.4, -0.2) is 40.2 Å². The fourth-order valence-corrected chi connectivity index (χ4v) is 3.70. The van der Waals surface area contributed by atoms with Crippen LogP contribution < -0.4 is 9.64 Å². The molecule has 1 saturated carbocycles. The van der Waals surface area contributed by atoms with Crippen molar-refractivity contribution in [2.75, 3.05) is 18.1 Å². The number of fused-ring (bicyclic) bond motifs is 1. The van der Waals surface area contributed by atoms with Gasteiger partial charge in [-0.15, -0.1) is 0 Å². The lowest BCUT2D eigenvalue weighted by Gasteiger charge is -2.24. The number of carboxylic acids is 1. The molecule has 6 heteroatoms. The molecule has 114 valence electrons. The molecule has 1 aromatic heterocycles. The molecule has 0 aromatic carbocycles. The minimum Gasteiger partial charge on any atom is -0.480 e. The highest BCUT2D eigenvalue weighted by Gasteiger charge is 2.48. The highest BCUT2D eigenvalue weighted by molar-refractivity contribution is 5.79. The molecule has 3 rings (SSSR count). The molecule has 0 radical (unpaired) electrons. The number of anilines is 1. The van der Waals surface area contributed by atoms with Crippen LogP contribution >= 0.6 is 0 Å². The van der Waals surface area contributed by atoms with Crippen LogP contribution in [0.4, 0.5) is 5.95 Å². The Bertz CT molecular complexity index is 549. The van der Waals surface area contributed by atoms with E-state index in [4.69, 9.17) is 4.74 Å². The zero-order valence-electron chi connectivity index (χ0n) is 12.5. The van der Waals surface area contributed by atoms with Crippen molar-refractivity contribution < 1.29 is 14.6 Å². The third kappa shape index (κ3) is 2.54. The number of aromatic nitrogens is 2. The summed E-state index contributed by atoms with van der Waals surface area (Å²) in [5.74, 6) is 0.904. The van der Waals surface area contributed by atoms with Gasteiger partial charge in [0.25, 0.3) is 0 Å². The van der Waals surface area contributed by atoms with Gasteiger partial charge in [-0.3, -0.25) is 0 Å². The van der Waals surface area contributed by atoms with Crippen molar-refractivity contribution in [2.45, 2.75) is 39.2 Å². The van der Waals surface area contributed by atoms with Crippen molar-refractivity contribution >= 4 is 11.9 Å². The van der Waals surface area contributed by atoms with Gasteiger partial charge < -0.3 is 14.7 Å². The lowest BCUT2D eigenvalue weighted by molar-refractivity contribution is -0.139. The number of hydrogen-bond acceptors (Lipinski definition) is 5. The van der Waals surface area contributed by atoms with E-state index in [-0.39, 0.29) is 5.92 Å². The Morgan fingerprint density at radius 3 is 3.00 bits per heavy atom. The van der Waals surface area contributed by atoms with Gasteiger partial charge in [0.1, 0.15) is 6.04 Å². The molecule has 2 fully saturated rings. The Balaban J connectivity index is 1.93. The van der Waals surface area contributed by atoms with Crippen molar-refractivity contribution in [1.82, 2.24) is 9.97 Å². The summed E-state index contributed by atoms with van der Waals surface area (Å²) < 4.78 is 5.45. The second kappa shape index (κ2) is 5.50. The van der Waals surface area contributed by atoms with Crippen molar-refractivity contribution in [1.29, 1.82) is 0 Å². The zero-order valence-corrected chi connectivity index (χ0v) is 12.5. The van der Waals surface area contributed by atoms with Gasteiger partial charge in [-0.1, -0.05) is 6.42 Å². The minimum atomic E-state index is -0.771. The fourth-order valence-electron chi connectivity index (χ4n) is 3.70. The van der Waals surface area contributed by atoms with Gasteiger partial charge in [-0.2, -0.15) is 4.98 Å². The Kier molecular flexibility index (Phi) is 3.69. The van der Waals surface area contributed by atoms with Crippen molar-refractivity contribution in [2.24, 2.45) is 11.8 Å². The number of rotatable bonds is 4. The van der Waals surface area contributed by atoms with E-state index in [2.05, 4.69) is 9.97 Å². The first-order valence-electron chi connectivity index (χ1n) is 7.58. The molecule has 21 heavy (non-hydrogen) atoms. The smallest absolute Gasteiger partial charge is 0.326 e. The van der Waals surface area contributed by atoms with Crippen LogP contribution in [0.1, 0.15) is 31.9 Å². The van der Waals surface area contributed by atoms with Crippen LogP contribution in [0.25, 0.3) is 0 Å². The third-order valence-corrected chi connectivity index (χ3v) is 4.51. The number of aryl methyl sites for hydroxylation is 1. The molecule has 6 nitrogen and oxygen atoms in total. The Hall–Kier alpha value is -1.85. The highest BCUT2D eigenvalue weighted by Crippen LogP contribution is 2.43. The Labute approximate surface area is 124 Å². The molecule has 3 unspecified atom stereocenters. The Morgan fingerprint density at radius 2 is 2.29 bits per heavy atom. The monoisotopic (exact) mass is 291 g/mol. The van der Waals surface area contributed by atoms with Crippen LogP contribution in [0, 0.1) is 18.8 Å². The maximum absolute atomic E-state index is 11.7. The van der Waals surface area contributed by atoms with Gasteiger partial charge in [0.15, 0.2) is 0 Å². The van der Waals surface area contributed by atoms with Crippen LogP contribution in [0.3, 0.4) is 0 Å². The fraction of sp³-hybridized carbons (Fsp3) is 0.667. The van der Waals surface area contributed by atoms with Gasteiger partial charge >= 0.3 is 5.97 Å². The predicted octanol–water partition coefficient (Wildman–Crippen LogP) is 1.87. The van der Waals surface area contributed by atoms with Gasteiger partial charge in [0, 0.05) is 18.3 Å². The number of ether oxygens (including phenoxy) is 1. The van der Waals surface area contributed by atoms with Gasteiger partial charge in [0.2, 0.25) is 11.8 Å². The van der Waals surface area contributed by atoms with E-state index in [1.54, 1.807) is 6.07 Å². The average molecular weight is 291 g/mol.